The Balaban J connectivity index is 1.23. The van der Waals surface area contributed by atoms with Gasteiger partial charge < -0.3 is 30.0 Å². The molecule has 2 saturated heterocycles. The van der Waals surface area contributed by atoms with Crippen LogP contribution in [0.1, 0.15) is 6.42 Å². The molecular formula is C27H26FN3O4S. The summed E-state index contributed by atoms with van der Waals surface area (Å²) in [7, 11) is 0. The first-order valence-electron chi connectivity index (χ1n) is 11.9. The number of nitrogens with one attached hydrogen (secondary N) is 2. The van der Waals surface area contributed by atoms with Crippen LogP contribution in [0.4, 0.5) is 10.2 Å². The number of hydrogen-bond acceptors (Lipinski definition) is 7. The first-order valence-corrected chi connectivity index (χ1v) is 12.9. The molecule has 0 bridgehead atoms. The molecule has 36 heavy (non-hydrogen) atoms. The largest absolute Gasteiger partial charge is 0.396 e. The van der Waals surface area contributed by atoms with Crippen LogP contribution in [0.15, 0.2) is 65.6 Å². The molecule has 2 aromatic heterocycles. The van der Waals surface area contributed by atoms with Gasteiger partial charge in [-0.2, -0.15) is 0 Å². The van der Waals surface area contributed by atoms with Crippen LogP contribution in [-0.4, -0.2) is 63.7 Å². The van der Waals surface area contributed by atoms with Gasteiger partial charge >= 0.3 is 0 Å². The topological polar surface area (TPSA) is 99.6 Å². The van der Waals surface area contributed by atoms with Crippen LogP contribution in [0.25, 0.3) is 33.4 Å². The van der Waals surface area contributed by atoms with Crippen LogP contribution >= 0.6 is 11.8 Å². The van der Waals surface area contributed by atoms with Gasteiger partial charge in [-0.05, 0) is 23.3 Å². The fraction of sp³-hybridized carbons (Fsp3) is 0.296. The quantitative estimate of drug-likeness (QED) is 0.275. The highest BCUT2D eigenvalue weighted by atomic mass is 32.2. The first kappa shape index (κ1) is 23.4. The Hall–Kier alpha value is -2.95. The Morgan fingerprint density at radius 3 is 2.56 bits per heavy atom. The number of aromatic amines is 1. The average molecular weight is 508 g/mol. The molecule has 0 saturated carbocycles. The molecule has 2 aliphatic rings. The van der Waals surface area contributed by atoms with Gasteiger partial charge in [-0.3, -0.25) is 0 Å². The van der Waals surface area contributed by atoms with Gasteiger partial charge in [0.25, 0.3) is 0 Å². The van der Waals surface area contributed by atoms with Crippen molar-refractivity contribution >= 4 is 28.6 Å². The van der Waals surface area contributed by atoms with Gasteiger partial charge in [0.2, 0.25) is 0 Å². The third-order valence-electron chi connectivity index (χ3n) is 6.70. The minimum atomic E-state index is -0.798. The highest BCUT2D eigenvalue weighted by Gasteiger charge is 2.54. The summed E-state index contributed by atoms with van der Waals surface area (Å²) in [5.41, 5.74) is 3.45. The maximum absolute atomic E-state index is 15.1. The van der Waals surface area contributed by atoms with E-state index in [9.17, 15) is 5.11 Å². The van der Waals surface area contributed by atoms with Crippen molar-refractivity contribution in [1.82, 2.24) is 9.97 Å². The van der Waals surface area contributed by atoms with E-state index in [2.05, 4.69) is 15.3 Å². The molecule has 2 fully saturated rings. The number of halogens is 1. The van der Waals surface area contributed by atoms with Gasteiger partial charge in [0.05, 0.1) is 30.9 Å². The van der Waals surface area contributed by atoms with Crippen molar-refractivity contribution in [2.75, 3.05) is 30.9 Å². The lowest BCUT2D eigenvalue weighted by molar-refractivity contribution is -0.00888. The van der Waals surface area contributed by atoms with Crippen LogP contribution < -0.4 is 5.32 Å². The summed E-state index contributed by atoms with van der Waals surface area (Å²) in [4.78, 5) is 8.86. The van der Waals surface area contributed by atoms with Gasteiger partial charge in [0, 0.05) is 34.8 Å². The number of anilines is 1. The summed E-state index contributed by atoms with van der Waals surface area (Å²) in [6.45, 7) is 0.853. The number of aliphatic hydroxyl groups is 2. The van der Waals surface area contributed by atoms with Crippen molar-refractivity contribution in [2.45, 2.75) is 29.2 Å². The number of H-pyrrole nitrogens is 1. The van der Waals surface area contributed by atoms with Crippen molar-refractivity contribution in [3.8, 4) is 22.4 Å². The van der Waals surface area contributed by atoms with Crippen molar-refractivity contribution in [3.63, 3.8) is 0 Å². The van der Waals surface area contributed by atoms with E-state index >= 15 is 4.39 Å². The van der Waals surface area contributed by atoms with Crippen molar-refractivity contribution in [2.24, 2.45) is 0 Å². The number of benzene rings is 2. The number of fused-ring (bicyclic) bond motifs is 2. The van der Waals surface area contributed by atoms with Crippen molar-refractivity contribution in [1.29, 1.82) is 0 Å². The highest BCUT2D eigenvalue weighted by molar-refractivity contribution is 7.99. The zero-order chi connectivity index (χ0) is 24.7. The summed E-state index contributed by atoms with van der Waals surface area (Å²) < 4.78 is 26.6. The van der Waals surface area contributed by atoms with E-state index < -0.39 is 23.8 Å². The van der Waals surface area contributed by atoms with Gasteiger partial charge in [-0.25, -0.2) is 9.37 Å². The number of aromatic nitrogens is 2. The number of rotatable bonds is 7. The number of thioether (sulfide) groups is 1. The second-order valence-electron chi connectivity index (χ2n) is 9.04. The Morgan fingerprint density at radius 2 is 1.81 bits per heavy atom. The molecule has 0 aliphatic carbocycles. The summed E-state index contributed by atoms with van der Waals surface area (Å²) in [6.07, 6.45) is -0.524. The van der Waals surface area contributed by atoms with E-state index in [-0.39, 0.29) is 18.9 Å². The predicted octanol–water partition coefficient (Wildman–Crippen LogP) is 4.41. The number of aliphatic hydroxyl groups excluding tert-OH is 2. The second-order valence-corrected chi connectivity index (χ2v) is 10.2. The van der Waals surface area contributed by atoms with Crippen LogP contribution in [0.5, 0.6) is 0 Å². The molecule has 7 nitrogen and oxygen atoms in total. The maximum Gasteiger partial charge on any atom is 0.171 e. The molecule has 2 aliphatic heterocycles. The molecule has 3 atom stereocenters. The lowest BCUT2D eigenvalue weighted by Gasteiger charge is -2.28. The number of pyridine rings is 1. The summed E-state index contributed by atoms with van der Waals surface area (Å²) >= 11 is 1.61. The summed E-state index contributed by atoms with van der Waals surface area (Å²) in [5, 5.41) is 22.4. The monoisotopic (exact) mass is 507 g/mol. The van der Waals surface area contributed by atoms with Crippen LogP contribution in [0.3, 0.4) is 0 Å². The van der Waals surface area contributed by atoms with E-state index in [0.717, 1.165) is 16.0 Å². The number of hydrogen-bond donors (Lipinski definition) is 4. The SMILES string of the molecule is OCCSc1ccc(-c2ccc(-c3nc4cc(N[C@@]56CCO[C@@H]5C(O)CO6)[nH]c4cc3F)cc2)cc1. The first-order chi connectivity index (χ1) is 17.5. The highest BCUT2D eigenvalue weighted by Crippen LogP contribution is 2.38. The lowest BCUT2D eigenvalue weighted by atomic mass is 10.0. The maximum atomic E-state index is 15.1. The van der Waals surface area contributed by atoms with E-state index in [4.69, 9.17) is 14.6 Å². The molecule has 4 heterocycles. The van der Waals surface area contributed by atoms with E-state index in [1.807, 2.05) is 54.6 Å². The average Bonchev–Trinajstić information content (AvgIpc) is 3.57. The van der Waals surface area contributed by atoms with E-state index in [1.165, 1.54) is 6.07 Å². The van der Waals surface area contributed by atoms with Crippen LogP contribution in [-0.2, 0) is 9.47 Å². The molecule has 4 N–H and O–H groups in total. The summed E-state index contributed by atoms with van der Waals surface area (Å²) in [6, 6.07) is 19.1. The second kappa shape index (κ2) is 9.49. The smallest absolute Gasteiger partial charge is 0.171 e. The van der Waals surface area contributed by atoms with Gasteiger partial charge in [0.15, 0.2) is 11.5 Å². The lowest BCUT2D eigenvalue weighted by Crippen LogP contribution is -2.46. The number of ether oxygens (including phenoxy) is 2. The van der Waals surface area contributed by atoms with Gasteiger partial charge in [-0.1, -0.05) is 36.4 Å². The Labute approximate surface area is 211 Å². The molecule has 4 aromatic rings. The zero-order valence-corrected chi connectivity index (χ0v) is 20.2. The molecule has 186 valence electrons. The molecule has 6 rings (SSSR count). The summed E-state index contributed by atoms with van der Waals surface area (Å²) in [5.74, 6) is 0.888. The zero-order valence-electron chi connectivity index (χ0n) is 19.4. The fourth-order valence-corrected chi connectivity index (χ4v) is 5.59. The predicted molar refractivity (Wildman–Crippen MR) is 137 cm³/mol. The van der Waals surface area contributed by atoms with Crippen molar-refractivity contribution < 1.29 is 24.1 Å². The Kier molecular flexibility index (Phi) is 6.18. The van der Waals surface area contributed by atoms with E-state index in [1.54, 1.807) is 11.8 Å². The third kappa shape index (κ3) is 4.27. The van der Waals surface area contributed by atoms with Crippen LogP contribution in [0, 0.1) is 5.82 Å². The Morgan fingerprint density at radius 1 is 1.08 bits per heavy atom. The molecule has 2 aromatic carbocycles. The van der Waals surface area contributed by atoms with Crippen LogP contribution in [0.2, 0.25) is 0 Å². The molecule has 0 spiro atoms. The molecular weight excluding hydrogens is 481 g/mol. The normalized spacial score (nSPS) is 23.3. The molecule has 9 heteroatoms. The standard InChI is InChI=1S/C27H26FN3O4S/c28-20-13-21-22(14-24(29-21)31-27-9-11-34-26(27)23(33)15-35-27)30-25(20)18-3-1-16(2-4-18)17-5-7-19(8-6-17)36-12-10-32/h1-8,13-14,23,26,29,31-33H,9-12,15H2/t23?,26-,27-/m1/s1. The Bertz CT molecular complexity index is 1380. The number of nitrogens with zero attached hydrogens (tertiary/aromatic N) is 1. The minimum absolute atomic E-state index is 0.152. The van der Waals surface area contributed by atoms with Gasteiger partial charge in [0.1, 0.15) is 23.7 Å². The molecule has 0 radical (unpaired) electrons. The third-order valence-corrected chi connectivity index (χ3v) is 7.69. The molecule has 1 unspecified atom stereocenters. The van der Waals surface area contributed by atoms with Crippen molar-refractivity contribution in [3.05, 3.63) is 66.5 Å². The van der Waals surface area contributed by atoms with Gasteiger partial charge in [-0.15, -0.1) is 11.8 Å². The minimum Gasteiger partial charge on any atom is -0.396 e. The van der Waals surface area contributed by atoms with E-state index in [0.29, 0.717) is 41.2 Å². The fourth-order valence-electron chi connectivity index (χ4n) is 4.94. The molecule has 0 amide bonds.